The average molecular weight is 214 g/mol. The molecule has 1 rings (SSSR count). The molecule has 3 N–H and O–H groups in total. The molecule has 15 heavy (non-hydrogen) atoms. The van der Waals surface area contributed by atoms with E-state index in [2.05, 4.69) is 18.7 Å². The summed E-state index contributed by atoms with van der Waals surface area (Å²) in [5.41, 5.74) is 5.93. The van der Waals surface area contributed by atoms with Gasteiger partial charge in [-0.1, -0.05) is 13.8 Å². The molecule has 0 radical (unpaired) electrons. The van der Waals surface area contributed by atoms with E-state index in [0.717, 1.165) is 13.1 Å². The number of aliphatic carboxylic acids is 1. The number of carbonyl (C=O) groups is 1. The number of nitrogens with two attached hydrogens (primary N) is 1. The topological polar surface area (TPSA) is 66.6 Å². The van der Waals surface area contributed by atoms with Gasteiger partial charge in [0.05, 0.1) is 0 Å². The third-order valence-electron chi connectivity index (χ3n) is 3.79. The van der Waals surface area contributed by atoms with Crippen LogP contribution in [0.2, 0.25) is 0 Å². The lowest BCUT2D eigenvalue weighted by atomic mass is 9.82. The van der Waals surface area contributed by atoms with E-state index in [1.54, 1.807) is 0 Å². The minimum atomic E-state index is -0.902. The second-order valence-corrected chi connectivity index (χ2v) is 4.64. The zero-order valence-electron chi connectivity index (χ0n) is 9.70. The van der Waals surface area contributed by atoms with Gasteiger partial charge in [0.1, 0.15) is 6.04 Å². The van der Waals surface area contributed by atoms with Crippen LogP contribution in [0.5, 0.6) is 0 Å². The van der Waals surface area contributed by atoms with Gasteiger partial charge in [-0.3, -0.25) is 4.79 Å². The molecule has 4 heteroatoms. The summed E-state index contributed by atoms with van der Waals surface area (Å²) in [6, 6.07) is -0.741. The fourth-order valence-corrected chi connectivity index (χ4v) is 2.37. The first-order valence-electron chi connectivity index (χ1n) is 5.74. The van der Waals surface area contributed by atoms with Crippen LogP contribution < -0.4 is 5.73 Å². The summed E-state index contributed by atoms with van der Waals surface area (Å²) in [5.74, 6) is -0.902. The van der Waals surface area contributed by atoms with Crippen LogP contribution in [-0.2, 0) is 4.79 Å². The third kappa shape index (κ3) is 2.92. The SMILES string of the molecule is CCC1(CC)CCN(CC(N)C(=O)O)C1. The molecule has 1 atom stereocenters. The number of carboxylic acid groups (broad SMARTS) is 1. The first-order chi connectivity index (χ1) is 7.03. The van der Waals surface area contributed by atoms with Crippen molar-refractivity contribution in [2.24, 2.45) is 11.1 Å². The lowest BCUT2D eigenvalue weighted by molar-refractivity contribution is -0.138. The van der Waals surface area contributed by atoms with Crippen LogP contribution in [0.4, 0.5) is 0 Å². The molecule has 4 nitrogen and oxygen atoms in total. The molecule has 1 fully saturated rings. The van der Waals surface area contributed by atoms with Crippen LogP contribution in [0.25, 0.3) is 0 Å². The maximum absolute atomic E-state index is 10.6. The second-order valence-electron chi connectivity index (χ2n) is 4.64. The number of likely N-dealkylation sites (tertiary alicyclic amines) is 1. The van der Waals surface area contributed by atoms with Gasteiger partial charge in [0, 0.05) is 13.1 Å². The zero-order chi connectivity index (χ0) is 11.5. The molecular formula is C11H22N2O2. The van der Waals surface area contributed by atoms with Gasteiger partial charge in [0.25, 0.3) is 0 Å². The summed E-state index contributed by atoms with van der Waals surface area (Å²) < 4.78 is 0. The van der Waals surface area contributed by atoms with Crippen LogP contribution >= 0.6 is 0 Å². The van der Waals surface area contributed by atoms with Gasteiger partial charge in [0.2, 0.25) is 0 Å². The normalized spacial score (nSPS) is 22.9. The molecule has 1 saturated heterocycles. The van der Waals surface area contributed by atoms with Crippen LogP contribution in [0.15, 0.2) is 0 Å². The highest BCUT2D eigenvalue weighted by Gasteiger charge is 2.35. The summed E-state index contributed by atoms with van der Waals surface area (Å²) in [6.45, 7) is 6.90. The molecule has 0 aromatic carbocycles. The third-order valence-corrected chi connectivity index (χ3v) is 3.79. The van der Waals surface area contributed by atoms with Gasteiger partial charge in [-0.2, -0.15) is 0 Å². The Balaban J connectivity index is 2.45. The van der Waals surface area contributed by atoms with Crippen molar-refractivity contribution < 1.29 is 9.90 Å². The van der Waals surface area contributed by atoms with Crippen LogP contribution in [0.1, 0.15) is 33.1 Å². The molecule has 0 aromatic heterocycles. The van der Waals surface area contributed by atoms with Crippen molar-refractivity contribution >= 4 is 5.97 Å². The summed E-state index contributed by atoms with van der Waals surface area (Å²) in [5, 5.41) is 8.74. The summed E-state index contributed by atoms with van der Waals surface area (Å²) in [6.07, 6.45) is 3.51. The predicted molar refractivity (Wildman–Crippen MR) is 59.7 cm³/mol. The molecule has 0 aliphatic carbocycles. The van der Waals surface area contributed by atoms with E-state index in [0.29, 0.717) is 12.0 Å². The second kappa shape index (κ2) is 4.94. The van der Waals surface area contributed by atoms with E-state index >= 15 is 0 Å². The number of nitrogens with zero attached hydrogens (tertiary/aromatic N) is 1. The molecule has 88 valence electrons. The van der Waals surface area contributed by atoms with Crippen molar-refractivity contribution in [2.75, 3.05) is 19.6 Å². The first-order valence-corrected chi connectivity index (χ1v) is 5.74. The number of carboxylic acids is 1. The Morgan fingerprint density at radius 1 is 1.53 bits per heavy atom. The van der Waals surface area contributed by atoms with E-state index in [4.69, 9.17) is 10.8 Å². The number of rotatable bonds is 5. The molecule has 0 spiro atoms. The molecule has 1 heterocycles. The summed E-state index contributed by atoms with van der Waals surface area (Å²) in [4.78, 5) is 12.8. The van der Waals surface area contributed by atoms with Crippen LogP contribution in [0, 0.1) is 5.41 Å². The van der Waals surface area contributed by atoms with Crippen molar-refractivity contribution in [1.29, 1.82) is 0 Å². The lowest BCUT2D eigenvalue weighted by Gasteiger charge is -2.27. The monoisotopic (exact) mass is 214 g/mol. The lowest BCUT2D eigenvalue weighted by Crippen LogP contribution is -2.42. The molecule has 0 aromatic rings. The van der Waals surface area contributed by atoms with Crippen molar-refractivity contribution in [3.63, 3.8) is 0 Å². The Labute approximate surface area is 91.4 Å². The average Bonchev–Trinajstić information content (AvgIpc) is 2.62. The Morgan fingerprint density at radius 3 is 2.53 bits per heavy atom. The maximum Gasteiger partial charge on any atom is 0.321 e. The minimum absolute atomic E-state index is 0.401. The molecule has 0 bridgehead atoms. The fraction of sp³-hybridized carbons (Fsp3) is 0.909. The summed E-state index contributed by atoms with van der Waals surface area (Å²) >= 11 is 0. The van der Waals surface area contributed by atoms with Crippen molar-refractivity contribution in [2.45, 2.75) is 39.2 Å². The number of hydrogen-bond acceptors (Lipinski definition) is 3. The predicted octanol–water partition coefficient (Wildman–Crippen LogP) is 0.910. The largest absolute Gasteiger partial charge is 0.480 e. The highest BCUT2D eigenvalue weighted by atomic mass is 16.4. The summed E-state index contributed by atoms with van der Waals surface area (Å²) in [7, 11) is 0. The quantitative estimate of drug-likeness (QED) is 0.714. The Hall–Kier alpha value is -0.610. The van der Waals surface area contributed by atoms with Crippen LogP contribution in [-0.4, -0.2) is 41.7 Å². The smallest absolute Gasteiger partial charge is 0.321 e. The molecule has 1 aliphatic rings. The van der Waals surface area contributed by atoms with Gasteiger partial charge in [0.15, 0.2) is 0 Å². The van der Waals surface area contributed by atoms with Crippen molar-refractivity contribution in [3.05, 3.63) is 0 Å². The van der Waals surface area contributed by atoms with E-state index in [1.165, 1.54) is 19.3 Å². The van der Waals surface area contributed by atoms with E-state index in [9.17, 15) is 4.79 Å². The molecule has 1 unspecified atom stereocenters. The van der Waals surface area contributed by atoms with Gasteiger partial charge in [-0.25, -0.2) is 0 Å². The van der Waals surface area contributed by atoms with Crippen molar-refractivity contribution in [1.82, 2.24) is 4.90 Å². The van der Waals surface area contributed by atoms with E-state index < -0.39 is 12.0 Å². The minimum Gasteiger partial charge on any atom is -0.480 e. The highest BCUT2D eigenvalue weighted by molar-refractivity contribution is 5.73. The first kappa shape index (κ1) is 12.5. The fourth-order valence-electron chi connectivity index (χ4n) is 2.37. The zero-order valence-corrected chi connectivity index (χ0v) is 9.70. The van der Waals surface area contributed by atoms with E-state index in [1.807, 2.05) is 0 Å². The Kier molecular flexibility index (Phi) is 4.11. The highest BCUT2D eigenvalue weighted by Crippen LogP contribution is 2.36. The maximum atomic E-state index is 10.6. The standard InChI is InChI=1S/C11H22N2O2/c1-3-11(4-2)5-6-13(8-11)7-9(12)10(14)15/h9H,3-8,12H2,1-2H3,(H,14,15). The molecular weight excluding hydrogens is 192 g/mol. The van der Waals surface area contributed by atoms with Crippen molar-refractivity contribution in [3.8, 4) is 0 Å². The molecule has 0 amide bonds. The Morgan fingerprint density at radius 2 is 2.13 bits per heavy atom. The van der Waals surface area contributed by atoms with Gasteiger partial charge in [-0.05, 0) is 31.2 Å². The molecule has 1 aliphatic heterocycles. The van der Waals surface area contributed by atoms with Gasteiger partial charge < -0.3 is 15.7 Å². The van der Waals surface area contributed by atoms with Gasteiger partial charge in [-0.15, -0.1) is 0 Å². The number of hydrogen-bond donors (Lipinski definition) is 2. The van der Waals surface area contributed by atoms with Crippen LogP contribution in [0.3, 0.4) is 0 Å². The molecule has 0 saturated carbocycles. The van der Waals surface area contributed by atoms with E-state index in [-0.39, 0.29) is 0 Å². The Bertz CT molecular complexity index is 227. The van der Waals surface area contributed by atoms with Gasteiger partial charge >= 0.3 is 5.97 Å².